The van der Waals surface area contributed by atoms with E-state index in [4.69, 9.17) is 10.1 Å². The van der Waals surface area contributed by atoms with Gasteiger partial charge in [-0.2, -0.15) is 0 Å². The number of amides is 1. The van der Waals surface area contributed by atoms with E-state index in [9.17, 15) is 4.79 Å². The zero-order valence-electron chi connectivity index (χ0n) is 17.0. The number of carbonyl (C=O) groups excluding carboxylic acids is 1. The molecule has 3 aromatic rings. The Bertz CT molecular complexity index is 1120. The highest BCUT2D eigenvalue weighted by atomic mass is 16.5. The summed E-state index contributed by atoms with van der Waals surface area (Å²) in [4.78, 5) is 17.1. The van der Waals surface area contributed by atoms with Gasteiger partial charge in [-0.25, -0.2) is 9.50 Å². The highest BCUT2D eigenvalue weighted by Gasteiger charge is 2.19. The quantitative estimate of drug-likeness (QED) is 0.420. The molecule has 10 nitrogen and oxygen atoms in total. The molecule has 4 bridgehead atoms. The number of hydrogen-bond acceptors (Lipinski definition) is 8. The highest BCUT2D eigenvalue weighted by Crippen LogP contribution is 2.29. The molecule has 10 heteroatoms. The van der Waals surface area contributed by atoms with E-state index in [-0.39, 0.29) is 11.9 Å². The van der Waals surface area contributed by atoms with Crippen LogP contribution in [0.15, 0.2) is 24.4 Å². The number of nitrogens with zero attached hydrogens (tertiary/aromatic N) is 3. The number of hydrogen-bond donors (Lipinski definition) is 5. The lowest BCUT2D eigenvalue weighted by Crippen LogP contribution is -2.36. The molecule has 0 fully saturated rings. The van der Waals surface area contributed by atoms with E-state index in [2.05, 4.69) is 31.3 Å². The van der Waals surface area contributed by atoms with Crippen LogP contribution in [-0.4, -0.2) is 53.5 Å². The smallest absolute Gasteiger partial charge is 0.271 e. The zero-order valence-corrected chi connectivity index (χ0v) is 17.0. The lowest BCUT2D eigenvalue weighted by Gasteiger charge is -2.18. The molecule has 0 radical (unpaired) electrons. The van der Waals surface area contributed by atoms with E-state index in [1.165, 1.54) is 16.9 Å². The van der Waals surface area contributed by atoms with Gasteiger partial charge < -0.3 is 31.4 Å². The van der Waals surface area contributed by atoms with Crippen LogP contribution in [0, 0.1) is 5.41 Å². The molecule has 3 heterocycles. The first-order chi connectivity index (χ1) is 14.5. The number of nitrogens with one attached hydrogen (secondary N) is 5. The SMILES string of the molecule is CNc1cc2cc(c1C=N)Nc1cc(NC)c3ncc(n3n1)C(=O)NC(C)COC2. The number of fused-ring (bicyclic) bond motifs is 3. The van der Waals surface area contributed by atoms with Crippen molar-refractivity contribution in [2.24, 2.45) is 0 Å². The van der Waals surface area contributed by atoms with Gasteiger partial charge in [-0.05, 0) is 24.6 Å². The minimum absolute atomic E-state index is 0.194. The molecule has 156 valence electrons. The molecule has 1 aromatic carbocycles. The summed E-state index contributed by atoms with van der Waals surface area (Å²) in [5.41, 5.74) is 4.73. The maximum Gasteiger partial charge on any atom is 0.271 e. The summed E-state index contributed by atoms with van der Waals surface area (Å²) in [5.74, 6) is 0.228. The maximum absolute atomic E-state index is 12.8. The number of imidazole rings is 1. The predicted molar refractivity (Wildman–Crippen MR) is 116 cm³/mol. The Hall–Kier alpha value is -3.66. The monoisotopic (exact) mass is 408 g/mol. The van der Waals surface area contributed by atoms with Crippen molar-refractivity contribution in [2.75, 3.05) is 36.7 Å². The Morgan fingerprint density at radius 3 is 2.80 bits per heavy atom. The van der Waals surface area contributed by atoms with Crippen LogP contribution in [0.4, 0.5) is 22.9 Å². The number of benzene rings is 1. The van der Waals surface area contributed by atoms with Gasteiger partial charge >= 0.3 is 0 Å². The summed E-state index contributed by atoms with van der Waals surface area (Å²) >= 11 is 0. The van der Waals surface area contributed by atoms with Gasteiger partial charge in [-0.1, -0.05) is 0 Å². The number of ether oxygens (including phenoxy) is 1. The van der Waals surface area contributed by atoms with Crippen molar-refractivity contribution in [3.8, 4) is 0 Å². The van der Waals surface area contributed by atoms with Crippen molar-refractivity contribution in [3.05, 3.63) is 41.2 Å². The first-order valence-corrected chi connectivity index (χ1v) is 9.61. The van der Waals surface area contributed by atoms with Crippen LogP contribution in [0.2, 0.25) is 0 Å². The number of anilines is 4. The van der Waals surface area contributed by atoms with Crippen molar-refractivity contribution in [3.63, 3.8) is 0 Å². The van der Waals surface area contributed by atoms with Crippen LogP contribution in [0.1, 0.15) is 28.5 Å². The zero-order chi connectivity index (χ0) is 21.3. The van der Waals surface area contributed by atoms with Gasteiger partial charge in [0, 0.05) is 43.7 Å². The lowest BCUT2D eigenvalue weighted by molar-refractivity contribution is 0.0815. The summed E-state index contributed by atoms with van der Waals surface area (Å²) < 4.78 is 7.33. The second-order valence-electron chi connectivity index (χ2n) is 7.09. The van der Waals surface area contributed by atoms with Crippen molar-refractivity contribution in [1.29, 1.82) is 5.41 Å². The van der Waals surface area contributed by atoms with Crippen molar-refractivity contribution >= 4 is 40.6 Å². The van der Waals surface area contributed by atoms with Gasteiger partial charge in [0.15, 0.2) is 17.2 Å². The Labute approximate surface area is 173 Å². The fraction of sp³-hybridized carbons (Fsp3) is 0.300. The Balaban J connectivity index is 1.92. The molecule has 2 aromatic heterocycles. The molecule has 5 N–H and O–H groups in total. The molecule has 1 aliphatic heterocycles. The fourth-order valence-electron chi connectivity index (χ4n) is 3.46. The number of aromatic nitrogens is 3. The average molecular weight is 408 g/mol. The number of rotatable bonds is 3. The van der Waals surface area contributed by atoms with Gasteiger partial charge in [0.05, 0.1) is 30.8 Å². The Morgan fingerprint density at radius 2 is 2.07 bits per heavy atom. The largest absolute Gasteiger partial charge is 0.388 e. The molecule has 30 heavy (non-hydrogen) atoms. The normalized spacial score (nSPS) is 16.5. The van der Waals surface area contributed by atoms with E-state index in [0.717, 1.165) is 16.9 Å². The van der Waals surface area contributed by atoms with Gasteiger partial charge in [0.1, 0.15) is 0 Å². The minimum atomic E-state index is -0.279. The second-order valence-corrected chi connectivity index (χ2v) is 7.09. The predicted octanol–water partition coefficient (Wildman–Crippen LogP) is 2.20. The molecule has 0 saturated heterocycles. The van der Waals surface area contributed by atoms with E-state index in [1.807, 2.05) is 32.2 Å². The third kappa shape index (κ3) is 3.52. The summed E-state index contributed by atoms with van der Waals surface area (Å²) in [6, 6.07) is 5.51. The van der Waals surface area contributed by atoms with Gasteiger partial charge in [-0.3, -0.25) is 4.79 Å². The Morgan fingerprint density at radius 1 is 1.27 bits per heavy atom. The van der Waals surface area contributed by atoms with Crippen LogP contribution >= 0.6 is 0 Å². The molecule has 0 spiro atoms. The maximum atomic E-state index is 12.8. The second kappa shape index (κ2) is 7.99. The van der Waals surface area contributed by atoms with Gasteiger partial charge in [-0.15, -0.1) is 5.10 Å². The topological polar surface area (TPSA) is 128 Å². The number of carbonyl (C=O) groups is 1. The third-order valence-electron chi connectivity index (χ3n) is 4.90. The van der Waals surface area contributed by atoms with Crippen LogP contribution < -0.4 is 21.3 Å². The molecule has 4 rings (SSSR count). The summed E-state index contributed by atoms with van der Waals surface area (Å²) in [5, 5.41) is 24.9. The van der Waals surface area contributed by atoms with Gasteiger partial charge in [0.2, 0.25) is 0 Å². The molecular formula is C20H24N8O2. The molecular weight excluding hydrogens is 384 g/mol. The Kier molecular flexibility index (Phi) is 5.23. The van der Waals surface area contributed by atoms with Crippen molar-refractivity contribution in [2.45, 2.75) is 19.6 Å². The van der Waals surface area contributed by atoms with Crippen LogP contribution in [0.25, 0.3) is 5.65 Å². The summed E-state index contributed by atoms with van der Waals surface area (Å²) in [6.45, 7) is 2.61. The van der Waals surface area contributed by atoms with Crippen LogP contribution in [0.3, 0.4) is 0 Å². The van der Waals surface area contributed by atoms with Crippen molar-refractivity contribution in [1.82, 2.24) is 19.9 Å². The summed E-state index contributed by atoms with van der Waals surface area (Å²) in [7, 11) is 3.60. The molecule has 0 aliphatic carbocycles. The van der Waals surface area contributed by atoms with E-state index < -0.39 is 0 Å². The van der Waals surface area contributed by atoms with Crippen LogP contribution in [-0.2, 0) is 11.3 Å². The molecule has 1 unspecified atom stereocenters. The third-order valence-corrected chi connectivity index (χ3v) is 4.90. The summed E-state index contributed by atoms with van der Waals surface area (Å²) in [6.07, 6.45) is 2.79. The first kappa shape index (κ1) is 19.6. The van der Waals surface area contributed by atoms with Crippen molar-refractivity contribution < 1.29 is 9.53 Å². The van der Waals surface area contributed by atoms with E-state index >= 15 is 0 Å². The molecule has 1 aliphatic rings. The fourth-order valence-corrected chi connectivity index (χ4v) is 3.46. The first-order valence-electron chi connectivity index (χ1n) is 9.61. The standard InChI is InChI=1S/C20H24N8O2/c1-11-9-30-10-12-4-14(22-2)13(7-21)15(5-12)26-18-6-16(23-3)19-24-8-17(20(29)25-11)28(19)27-18/h4-8,11,21-23H,9-10H2,1-3H3,(H,25,29)(H,26,27). The lowest BCUT2D eigenvalue weighted by atomic mass is 10.1. The van der Waals surface area contributed by atoms with Crippen LogP contribution in [0.5, 0.6) is 0 Å². The van der Waals surface area contributed by atoms with E-state index in [0.29, 0.717) is 41.6 Å². The highest BCUT2D eigenvalue weighted by molar-refractivity contribution is 5.96. The molecule has 0 saturated carbocycles. The van der Waals surface area contributed by atoms with Gasteiger partial charge in [0.25, 0.3) is 5.91 Å². The molecule has 1 atom stereocenters. The van der Waals surface area contributed by atoms with E-state index in [1.54, 1.807) is 7.05 Å². The molecule has 1 amide bonds. The minimum Gasteiger partial charge on any atom is -0.388 e. The average Bonchev–Trinajstić information content (AvgIpc) is 3.16.